The Morgan fingerprint density at radius 3 is 2.24 bits per heavy atom. The summed E-state index contributed by atoms with van der Waals surface area (Å²) in [6.45, 7) is 5.81. The van der Waals surface area contributed by atoms with Gasteiger partial charge in [-0.3, -0.25) is 0 Å². The van der Waals surface area contributed by atoms with Gasteiger partial charge in [-0.25, -0.2) is 13.2 Å². The molecule has 1 aromatic rings. The van der Waals surface area contributed by atoms with E-state index in [1.165, 1.54) is 0 Å². The van der Waals surface area contributed by atoms with Crippen LogP contribution in [0, 0.1) is 17.5 Å². The van der Waals surface area contributed by atoms with Gasteiger partial charge >= 0.3 is 0 Å². The summed E-state index contributed by atoms with van der Waals surface area (Å²) >= 11 is 0. The van der Waals surface area contributed by atoms with Crippen LogP contribution >= 0.6 is 0 Å². The van der Waals surface area contributed by atoms with Crippen molar-refractivity contribution in [3.63, 3.8) is 0 Å². The van der Waals surface area contributed by atoms with Gasteiger partial charge in [0.05, 0.1) is 0 Å². The minimum absolute atomic E-state index is 0.257. The lowest BCUT2D eigenvalue weighted by molar-refractivity contribution is 0.440. The molecule has 0 aromatic heterocycles. The van der Waals surface area contributed by atoms with E-state index >= 15 is 0 Å². The van der Waals surface area contributed by atoms with Crippen molar-refractivity contribution in [2.45, 2.75) is 25.8 Å². The summed E-state index contributed by atoms with van der Waals surface area (Å²) in [4.78, 5) is 0. The van der Waals surface area contributed by atoms with E-state index in [1.54, 1.807) is 7.05 Å². The standard InChI is InChI=1S/C13H16F3N/c1-4-8(2)5-12(17-3)9-6-10(14)13(16)11(15)7-9/h6-7,12,17H,2,4-5H2,1,3H3. The van der Waals surface area contributed by atoms with Gasteiger partial charge in [0.15, 0.2) is 17.5 Å². The first-order chi connectivity index (χ1) is 7.99. The molecule has 0 aliphatic carbocycles. The van der Waals surface area contributed by atoms with E-state index < -0.39 is 17.5 Å². The Labute approximate surface area is 99.3 Å². The van der Waals surface area contributed by atoms with Crippen LogP contribution in [0.5, 0.6) is 0 Å². The molecule has 17 heavy (non-hydrogen) atoms. The molecule has 0 amide bonds. The predicted molar refractivity (Wildman–Crippen MR) is 62.2 cm³/mol. The van der Waals surface area contributed by atoms with Gasteiger partial charge < -0.3 is 5.32 Å². The summed E-state index contributed by atoms with van der Waals surface area (Å²) in [5.41, 5.74) is 1.35. The third kappa shape index (κ3) is 3.33. The average molecular weight is 243 g/mol. The van der Waals surface area contributed by atoms with E-state index in [-0.39, 0.29) is 6.04 Å². The largest absolute Gasteiger partial charge is 0.313 e. The number of halogens is 3. The van der Waals surface area contributed by atoms with Gasteiger partial charge in [-0.15, -0.1) is 0 Å². The minimum atomic E-state index is -1.43. The van der Waals surface area contributed by atoms with E-state index in [0.29, 0.717) is 12.0 Å². The summed E-state index contributed by atoms with van der Waals surface area (Å²) in [5.74, 6) is -3.76. The van der Waals surface area contributed by atoms with E-state index in [4.69, 9.17) is 0 Å². The molecule has 0 radical (unpaired) electrons. The molecule has 1 rings (SSSR count). The Morgan fingerprint density at radius 2 is 1.82 bits per heavy atom. The zero-order valence-corrected chi connectivity index (χ0v) is 9.99. The van der Waals surface area contributed by atoms with Gasteiger partial charge in [0.1, 0.15) is 0 Å². The van der Waals surface area contributed by atoms with Crippen molar-refractivity contribution in [1.29, 1.82) is 0 Å². The van der Waals surface area contributed by atoms with Gasteiger partial charge in [-0.05, 0) is 37.6 Å². The molecule has 0 aliphatic heterocycles. The Hall–Kier alpha value is -1.29. The molecule has 4 heteroatoms. The van der Waals surface area contributed by atoms with E-state index in [0.717, 1.165) is 24.1 Å². The van der Waals surface area contributed by atoms with Gasteiger partial charge in [-0.1, -0.05) is 19.1 Å². The van der Waals surface area contributed by atoms with Crippen LogP contribution < -0.4 is 5.32 Å². The normalized spacial score (nSPS) is 12.5. The minimum Gasteiger partial charge on any atom is -0.313 e. The topological polar surface area (TPSA) is 12.0 Å². The summed E-state index contributed by atoms with van der Waals surface area (Å²) in [6.07, 6.45) is 1.36. The maximum absolute atomic E-state index is 13.1. The Kier molecular flexibility index (Phi) is 4.75. The maximum Gasteiger partial charge on any atom is 0.194 e. The van der Waals surface area contributed by atoms with Gasteiger partial charge in [0.2, 0.25) is 0 Å². The molecule has 1 aromatic carbocycles. The van der Waals surface area contributed by atoms with Crippen LogP contribution in [0.3, 0.4) is 0 Å². The van der Waals surface area contributed by atoms with Crippen LogP contribution in [0.4, 0.5) is 13.2 Å². The fourth-order valence-electron chi connectivity index (χ4n) is 1.60. The number of hydrogen-bond donors (Lipinski definition) is 1. The summed E-state index contributed by atoms with van der Waals surface area (Å²) < 4.78 is 39.0. The summed E-state index contributed by atoms with van der Waals surface area (Å²) in [7, 11) is 1.69. The molecule has 1 atom stereocenters. The third-order valence-electron chi connectivity index (χ3n) is 2.75. The highest BCUT2D eigenvalue weighted by atomic mass is 19.2. The van der Waals surface area contributed by atoms with Crippen LogP contribution in [0.1, 0.15) is 31.4 Å². The first-order valence-corrected chi connectivity index (χ1v) is 5.48. The zero-order chi connectivity index (χ0) is 13.0. The van der Waals surface area contributed by atoms with Crippen molar-refractivity contribution in [2.24, 2.45) is 0 Å². The van der Waals surface area contributed by atoms with Crippen LogP contribution in [0.2, 0.25) is 0 Å². The first kappa shape index (κ1) is 13.8. The molecule has 94 valence electrons. The van der Waals surface area contributed by atoms with Crippen LogP contribution in [-0.2, 0) is 0 Å². The summed E-state index contributed by atoms with van der Waals surface area (Å²) in [5, 5.41) is 2.94. The van der Waals surface area contributed by atoms with Crippen LogP contribution in [0.25, 0.3) is 0 Å². The van der Waals surface area contributed by atoms with E-state index in [2.05, 4.69) is 11.9 Å². The second-order valence-corrected chi connectivity index (χ2v) is 3.95. The molecule has 0 saturated heterocycles. The average Bonchev–Trinajstić information content (AvgIpc) is 2.31. The molecule has 1 nitrogen and oxygen atoms in total. The van der Waals surface area contributed by atoms with Crippen LogP contribution in [0.15, 0.2) is 24.3 Å². The highest BCUT2D eigenvalue weighted by Crippen LogP contribution is 2.24. The van der Waals surface area contributed by atoms with Crippen molar-refractivity contribution in [3.8, 4) is 0 Å². The van der Waals surface area contributed by atoms with E-state index in [1.807, 2.05) is 6.92 Å². The van der Waals surface area contributed by atoms with Crippen molar-refractivity contribution in [1.82, 2.24) is 5.32 Å². The number of nitrogens with one attached hydrogen (secondary N) is 1. The molecular formula is C13H16F3N. The lowest BCUT2D eigenvalue weighted by atomic mass is 9.98. The Balaban J connectivity index is 3.00. The first-order valence-electron chi connectivity index (χ1n) is 5.48. The fourth-order valence-corrected chi connectivity index (χ4v) is 1.60. The molecule has 0 spiro atoms. The van der Waals surface area contributed by atoms with Crippen molar-refractivity contribution in [2.75, 3.05) is 7.05 Å². The van der Waals surface area contributed by atoms with Crippen molar-refractivity contribution < 1.29 is 13.2 Å². The maximum atomic E-state index is 13.1. The van der Waals surface area contributed by atoms with Crippen LogP contribution in [-0.4, -0.2) is 7.05 Å². The molecule has 0 saturated carbocycles. The molecule has 1 N–H and O–H groups in total. The monoisotopic (exact) mass is 243 g/mol. The summed E-state index contributed by atoms with van der Waals surface area (Å²) in [6, 6.07) is 1.78. The Bertz CT molecular complexity index is 392. The highest BCUT2D eigenvalue weighted by Gasteiger charge is 2.16. The van der Waals surface area contributed by atoms with E-state index in [9.17, 15) is 13.2 Å². The number of hydrogen-bond acceptors (Lipinski definition) is 1. The quantitative estimate of drug-likeness (QED) is 0.614. The number of rotatable bonds is 5. The predicted octanol–water partition coefficient (Wildman–Crippen LogP) is 3.72. The van der Waals surface area contributed by atoms with Gasteiger partial charge in [0, 0.05) is 6.04 Å². The van der Waals surface area contributed by atoms with Gasteiger partial charge in [0.25, 0.3) is 0 Å². The third-order valence-corrected chi connectivity index (χ3v) is 2.75. The SMILES string of the molecule is C=C(CC)CC(NC)c1cc(F)c(F)c(F)c1. The molecule has 1 unspecified atom stereocenters. The van der Waals surface area contributed by atoms with Gasteiger partial charge in [-0.2, -0.15) is 0 Å². The lowest BCUT2D eigenvalue weighted by Gasteiger charge is -2.18. The lowest BCUT2D eigenvalue weighted by Crippen LogP contribution is -2.17. The molecular weight excluding hydrogens is 227 g/mol. The second kappa shape index (κ2) is 5.87. The fraction of sp³-hybridized carbons (Fsp3) is 0.385. The molecule has 0 fully saturated rings. The molecule has 0 aliphatic rings. The van der Waals surface area contributed by atoms with Crippen molar-refractivity contribution in [3.05, 3.63) is 47.3 Å². The Morgan fingerprint density at radius 1 is 1.29 bits per heavy atom. The smallest absolute Gasteiger partial charge is 0.194 e. The van der Waals surface area contributed by atoms with Crippen molar-refractivity contribution >= 4 is 0 Å². The second-order valence-electron chi connectivity index (χ2n) is 3.95. The zero-order valence-electron chi connectivity index (χ0n) is 9.99. The molecule has 0 heterocycles. The number of benzene rings is 1. The highest BCUT2D eigenvalue weighted by molar-refractivity contribution is 5.24. The molecule has 0 bridgehead atoms.